The van der Waals surface area contributed by atoms with E-state index in [1.165, 1.54) is 19.1 Å². The predicted octanol–water partition coefficient (Wildman–Crippen LogP) is 1.31. The van der Waals surface area contributed by atoms with Gasteiger partial charge in [0.15, 0.2) is 0 Å². The molecule has 25 heavy (non-hydrogen) atoms. The molecule has 0 radical (unpaired) electrons. The Bertz CT molecular complexity index is 662. The predicted molar refractivity (Wildman–Crippen MR) is 84.8 cm³/mol. The number of carbonyl (C=O) groups is 3. The van der Waals surface area contributed by atoms with Crippen LogP contribution in [0.3, 0.4) is 0 Å². The van der Waals surface area contributed by atoms with E-state index in [2.05, 4.69) is 0 Å². The van der Waals surface area contributed by atoms with E-state index >= 15 is 0 Å². The quantitative estimate of drug-likeness (QED) is 0.330. The van der Waals surface area contributed by atoms with Crippen LogP contribution in [0.5, 0.6) is 5.75 Å². The van der Waals surface area contributed by atoms with Crippen molar-refractivity contribution in [3.8, 4) is 5.75 Å². The molecule has 0 aliphatic rings. The molecular weight excluding hydrogens is 355 g/mol. The van der Waals surface area contributed by atoms with Crippen LogP contribution in [0.2, 0.25) is 0 Å². The van der Waals surface area contributed by atoms with E-state index in [4.69, 9.17) is 24.4 Å². The van der Waals surface area contributed by atoms with E-state index in [9.17, 15) is 18.9 Å². The average Bonchev–Trinajstić information content (AvgIpc) is 2.49. The van der Waals surface area contributed by atoms with Crippen LogP contribution < -0.4 is 4.74 Å². The highest BCUT2D eigenvalue weighted by Crippen LogP contribution is 2.38. The Morgan fingerprint density at radius 2 is 1.76 bits per heavy atom. The lowest BCUT2D eigenvalue weighted by molar-refractivity contribution is -0.146. The Morgan fingerprint density at radius 1 is 1.16 bits per heavy atom. The van der Waals surface area contributed by atoms with E-state index in [0.717, 1.165) is 0 Å². The summed E-state index contributed by atoms with van der Waals surface area (Å²) in [7, 11) is -4.48. The van der Waals surface area contributed by atoms with Gasteiger partial charge >= 0.3 is 25.5 Å². The Kier molecular flexibility index (Phi) is 7.76. The lowest BCUT2D eigenvalue weighted by atomic mass is 10.1. The molecule has 0 aliphatic carbocycles. The molecule has 0 amide bonds. The van der Waals surface area contributed by atoms with E-state index in [1.54, 1.807) is 12.1 Å². The van der Waals surface area contributed by atoms with Crippen molar-refractivity contribution in [1.29, 1.82) is 0 Å². The van der Waals surface area contributed by atoms with Crippen LogP contribution in [0.25, 0.3) is 0 Å². The van der Waals surface area contributed by atoms with Crippen molar-refractivity contribution >= 4 is 25.5 Å². The lowest BCUT2D eigenvalue weighted by Crippen LogP contribution is -2.20. The molecule has 0 spiro atoms. The van der Waals surface area contributed by atoms with Crippen molar-refractivity contribution in [1.82, 2.24) is 0 Å². The number of ether oxygens (including phenoxy) is 2. The van der Waals surface area contributed by atoms with Gasteiger partial charge in [0.25, 0.3) is 0 Å². The topological polar surface area (TPSA) is 147 Å². The van der Waals surface area contributed by atoms with Gasteiger partial charge in [-0.15, -0.1) is 0 Å². The first-order valence-electron chi connectivity index (χ1n) is 7.27. The Hall–Kier alpha value is -2.22. The van der Waals surface area contributed by atoms with Gasteiger partial charge in [-0.25, -0.2) is 0 Å². The maximum Gasteiger partial charge on any atom is 0.326 e. The molecule has 3 N–H and O–H groups in total. The minimum atomic E-state index is -4.48. The fraction of sp³-hybridized carbons (Fsp3) is 0.400. The molecule has 0 bridgehead atoms. The molecule has 0 heterocycles. The maximum absolute atomic E-state index is 11.6. The number of carbonyl (C=O) groups excluding carboxylic acids is 2. The molecular formula is C15H19O9P. The Labute approximate surface area is 143 Å². The van der Waals surface area contributed by atoms with Gasteiger partial charge in [-0.3, -0.25) is 18.9 Å². The fourth-order valence-corrected chi connectivity index (χ4v) is 2.84. The minimum absolute atomic E-state index is 0.0601. The lowest BCUT2D eigenvalue weighted by Gasteiger charge is -2.13. The van der Waals surface area contributed by atoms with E-state index in [-0.39, 0.29) is 19.4 Å². The van der Waals surface area contributed by atoms with Gasteiger partial charge in [-0.2, -0.15) is 0 Å². The zero-order chi connectivity index (χ0) is 19.0. The first kappa shape index (κ1) is 20.8. The van der Waals surface area contributed by atoms with Gasteiger partial charge in [-0.05, 0) is 24.1 Å². The van der Waals surface area contributed by atoms with Crippen molar-refractivity contribution in [3.63, 3.8) is 0 Å². The molecule has 1 aromatic carbocycles. The van der Waals surface area contributed by atoms with E-state index in [1.807, 2.05) is 0 Å². The second-order valence-electron chi connectivity index (χ2n) is 5.32. The third-order valence-electron chi connectivity index (χ3n) is 3.09. The molecule has 1 atom stereocenters. The highest BCUT2D eigenvalue weighted by Gasteiger charge is 2.27. The minimum Gasteiger partial charge on any atom is -0.481 e. The Morgan fingerprint density at radius 3 is 2.24 bits per heavy atom. The third kappa shape index (κ3) is 8.99. The molecule has 0 saturated carbocycles. The van der Waals surface area contributed by atoms with Gasteiger partial charge in [0.2, 0.25) is 0 Å². The summed E-state index contributed by atoms with van der Waals surface area (Å²) in [4.78, 5) is 51.0. The third-order valence-corrected chi connectivity index (χ3v) is 4.01. The number of hydrogen-bond acceptors (Lipinski definition) is 6. The number of rotatable bonds is 9. The molecule has 10 heteroatoms. The van der Waals surface area contributed by atoms with Gasteiger partial charge in [-0.1, -0.05) is 12.1 Å². The second kappa shape index (κ2) is 9.31. The molecule has 0 aliphatic heterocycles. The number of carboxylic acids is 1. The molecule has 1 rings (SSSR count). The fourth-order valence-electron chi connectivity index (χ4n) is 1.93. The van der Waals surface area contributed by atoms with Crippen LogP contribution in [0, 0.1) is 5.92 Å². The van der Waals surface area contributed by atoms with Crippen LogP contribution in [0.15, 0.2) is 24.3 Å². The van der Waals surface area contributed by atoms with Gasteiger partial charge in [0.05, 0.1) is 12.1 Å². The highest BCUT2D eigenvalue weighted by atomic mass is 31.2. The SMILES string of the molecule is CC(=O)Oc1ccc(COC(=O)CCC(CP(=O)(O)O)C(=O)O)cc1. The number of aliphatic carboxylic acids is 1. The summed E-state index contributed by atoms with van der Waals surface area (Å²) >= 11 is 0. The largest absolute Gasteiger partial charge is 0.481 e. The van der Waals surface area contributed by atoms with Crippen LogP contribution >= 0.6 is 7.60 Å². The van der Waals surface area contributed by atoms with E-state index < -0.39 is 37.6 Å². The van der Waals surface area contributed by atoms with Gasteiger partial charge < -0.3 is 24.4 Å². The summed E-state index contributed by atoms with van der Waals surface area (Å²) in [6.07, 6.45) is -1.33. The standard InChI is InChI=1S/C15H19O9P/c1-10(16)24-13-5-2-11(3-6-13)8-23-14(17)7-4-12(15(18)19)9-25(20,21)22/h2-3,5-6,12H,4,7-9H2,1H3,(H,18,19)(H2,20,21,22). The monoisotopic (exact) mass is 374 g/mol. The first-order chi connectivity index (χ1) is 11.6. The molecule has 138 valence electrons. The number of esters is 2. The summed E-state index contributed by atoms with van der Waals surface area (Å²) in [5.74, 6) is -3.48. The van der Waals surface area contributed by atoms with Crippen molar-refractivity contribution < 1.29 is 43.3 Å². The second-order valence-corrected chi connectivity index (χ2v) is 7.01. The number of benzene rings is 1. The summed E-state index contributed by atoms with van der Waals surface area (Å²) < 4.78 is 20.7. The highest BCUT2D eigenvalue weighted by molar-refractivity contribution is 7.51. The van der Waals surface area contributed by atoms with Gasteiger partial charge in [0.1, 0.15) is 12.4 Å². The smallest absolute Gasteiger partial charge is 0.326 e. The van der Waals surface area contributed by atoms with Crippen LogP contribution in [0.4, 0.5) is 0 Å². The summed E-state index contributed by atoms with van der Waals surface area (Å²) in [5.41, 5.74) is 0.634. The Balaban J connectivity index is 2.44. The summed E-state index contributed by atoms with van der Waals surface area (Å²) in [6, 6.07) is 6.26. The molecule has 0 fully saturated rings. The van der Waals surface area contributed by atoms with Crippen LogP contribution in [-0.2, 0) is 30.3 Å². The molecule has 0 saturated heterocycles. The molecule has 1 aromatic rings. The normalized spacial score (nSPS) is 12.3. The van der Waals surface area contributed by atoms with Crippen LogP contribution in [0.1, 0.15) is 25.3 Å². The van der Waals surface area contributed by atoms with Crippen molar-refractivity contribution in [2.75, 3.05) is 6.16 Å². The van der Waals surface area contributed by atoms with Gasteiger partial charge in [0, 0.05) is 13.3 Å². The van der Waals surface area contributed by atoms with Crippen molar-refractivity contribution in [2.45, 2.75) is 26.4 Å². The average molecular weight is 374 g/mol. The molecule has 1 unspecified atom stereocenters. The summed E-state index contributed by atoms with van der Waals surface area (Å²) in [5, 5.41) is 8.91. The van der Waals surface area contributed by atoms with Crippen molar-refractivity contribution in [3.05, 3.63) is 29.8 Å². The zero-order valence-corrected chi connectivity index (χ0v) is 14.3. The van der Waals surface area contributed by atoms with E-state index in [0.29, 0.717) is 11.3 Å². The van der Waals surface area contributed by atoms with Crippen molar-refractivity contribution in [2.24, 2.45) is 5.92 Å². The number of carboxylic acid groups (broad SMARTS) is 1. The molecule has 0 aromatic heterocycles. The summed E-state index contributed by atoms with van der Waals surface area (Å²) in [6.45, 7) is 1.21. The first-order valence-corrected chi connectivity index (χ1v) is 9.07. The molecule has 9 nitrogen and oxygen atoms in total. The zero-order valence-electron chi connectivity index (χ0n) is 13.5. The maximum atomic E-state index is 11.6. The van der Waals surface area contributed by atoms with Crippen LogP contribution in [-0.4, -0.2) is 39.0 Å². The number of hydrogen-bond donors (Lipinski definition) is 3.